The molecule has 2 rings (SSSR count). The van der Waals surface area contributed by atoms with Gasteiger partial charge in [-0.15, -0.1) is 0 Å². The fourth-order valence-corrected chi connectivity index (χ4v) is 3.84. The van der Waals surface area contributed by atoms with E-state index < -0.39 is 5.97 Å². The Labute approximate surface area is 114 Å². The van der Waals surface area contributed by atoms with Crippen LogP contribution in [0.1, 0.15) is 25.7 Å². The van der Waals surface area contributed by atoms with Gasteiger partial charge in [0.2, 0.25) is 0 Å². The van der Waals surface area contributed by atoms with Crippen molar-refractivity contribution in [1.82, 2.24) is 9.80 Å². The lowest BCUT2D eigenvalue weighted by molar-refractivity contribution is -0.137. The van der Waals surface area contributed by atoms with Crippen molar-refractivity contribution >= 4 is 17.7 Å². The van der Waals surface area contributed by atoms with Crippen LogP contribution in [-0.2, 0) is 4.79 Å². The predicted octanol–water partition coefficient (Wildman–Crippen LogP) is 1.36. The fourth-order valence-electron chi connectivity index (χ4n) is 2.83. The first-order valence-corrected chi connectivity index (χ1v) is 8.08. The summed E-state index contributed by atoms with van der Waals surface area (Å²) in [4.78, 5) is 15.4. The second kappa shape index (κ2) is 6.26. The number of hydrogen-bond donors (Lipinski definition) is 1. The molecule has 2 fully saturated rings. The summed E-state index contributed by atoms with van der Waals surface area (Å²) in [6.07, 6.45) is 6.64. The maximum atomic E-state index is 10.5. The molecule has 0 unspecified atom stereocenters. The van der Waals surface area contributed by atoms with E-state index >= 15 is 0 Å². The molecule has 0 spiro atoms. The molecule has 2 aliphatic rings. The summed E-state index contributed by atoms with van der Waals surface area (Å²) in [6, 6.07) is 0. The quantitative estimate of drug-likeness (QED) is 0.791. The van der Waals surface area contributed by atoms with Gasteiger partial charge in [0, 0.05) is 44.0 Å². The highest BCUT2D eigenvalue weighted by molar-refractivity contribution is 8.00. The molecule has 1 saturated carbocycles. The highest BCUT2D eigenvalue weighted by Crippen LogP contribution is 2.43. The zero-order chi connectivity index (χ0) is 13.0. The van der Waals surface area contributed by atoms with E-state index in [0.29, 0.717) is 11.3 Å². The summed E-state index contributed by atoms with van der Waals surface area (Å²) < 4.78 is 0.531. The Morgan fingerprint density at radius 2 is 1.83 bits per heavy atom. The van der Waals surface area contributed by atoms with Gasteiger partial charge in [-0.2, -0.15) is 11.8 Å². The smallest absolute Gasteiger partial charge is 0.304 e. The van der Waals surface area contributed by atoms with E-state index in [1.165, 1.54) is 25.8 Å². The summed E-state index contributed by atoms with van der Waals surface area (Å²) >= 11 is 2.03. The molecule has 0 bridgehead atoms. The first-order chi connectivity index (χ1) is 8.63. The number of nitrogens with zero attached hydrogens (tertiary/aromatic N) is 2. The lowest BCUT2D eigenvalue weighted by Crippen LogP contribution is -2.53. The molecule has 104 valence electrons. The van der Waals surface area contributed by atoms with E-state index in [1.807, 2.05) is 11.8 Å². The van der Waals surface area contributed by atoms with Crippen LogP contribution >= 0.6 is 11.8 Å². The van der Waals surface area contributed by atoms with E-state index in [0.717, 1.165) is 26.2 Å². The number of thioether (sulfide) groups is 1. The van der Waals surface area contributed by atoms with Crippen molar-refractivity contribution in [2.75, 3.05) is 45.5 Å². The van der Waals surface area contributed by atoms with Gasteiger partial charge in [0.15, 0.2) is 0 Å². The molecule has 18 heavy (non-hydrogen) atoms. The van der Waals surface area contributed by atoms with Gasteiger partial charge >= 0.3 is 5.97 Å². The van der Waals surface area contributed by atoms with Gasteiger partial charge in [0.25, 0.3) is 0 Å². The lowest BCUT2D eigenvalue weighted by Gasteiger charge is -2.46. The number of carboxylic acid groups (broad SMARTS) is 1. The second-order valence-corrected chi connectivity index (χ2v) is 6.78. The number of aliphatic carboxylic acids is 1. The van der Waals surface area contributed by atoms with Gasteiger partial charge in [-0.25, -0.2) is 0 Å². The highest BCUT2D eigenvalue weighted by Gasteiger charge is 2.38. The average molecular weight is 272 g/mol. The second-order valence-electron chi connectivity index (χ2n) is 5.50. The highest BCUT2D eigenvalue weighted by atomic mass is 32.2. The first-order valence-electron chi connectivity index (χ1n) is 6.85. The number of carbonyl (C=O) groups is 1. The number of carboxylic acids is 1. The molecule has 0 atom stereocenters. The van der Waals surface area contributed by atoms with Crippen LogP contribution in [0.2, 0.25) is 0 Å². The fraction of sp³-hybridized carbons (Fsp3) is 0.923. The molecule has 1 N–H and O–H groups in total. The maximum Gasteiger partial charge on any atom is 0.304 e. The van der Waals surface area contributed by atoms with Crippen molar-refractivity contribution in [3.8, 4) is 0 Å². The third-order valence-corrected chi connectivity index (χ3v) is 5.72. The molecule has 0 aromatic rings. The van der Waals surface area contributed by atoms with Gasteiger partial charge < -0.3 is 10.0 Å². The maximum absolute atomic E-state index is 10.5. The van der Waals surface area contributed by atoms with Gasteiger partial charge in [-0.05, 0) is 19.1 Å². The molecule has 4 nitrogen and oxygen atoms in total. The van der Waals surface area contributed by atoms with E-state index in [-0.39, 0.29) is 6.42 Å². The van der Waals surface area contributed by atoms with Crippen LogP contribution in [-0.4, -0.2) is 71.1 Å². The van der Waals surface area contributed by atoms with Crippen molar-refractivity contribution in [3.63, 3.8) is 0 Å². The largest absolute Gasteiger partial charge is 0.481 e. The number of rotatable bonds is 6. The SMILES string of the molecule is CSC1(CN2CCN(CCC(=O)O)CC2)CCC1. The van der Waals surface area contributed by atoms with Crippen molar-refractivity contribution in [2.45, 2.75) is 30.4 Å². The van der Waals surface area contributed by atoms with Gasteiger partial charge in [-0.3, -0.25) is 9.69 Å². The molecule has 1 saturated heterocycles. The van der Waals surface area contributed by atoms with Crippen LogP contribution in [0.5, 0.6) is 0 Å². The van der Waals surface area contributed by atoms with Crippen molar-refractivity contribution in [2.24, 2.45) is 0 Å². The molecule has 1 aliphatic carbocycles. The predicted molar refractivity (Wildman–Crippen MR) is 75.2 cm³/mol. The minimum atomic E-state index is -0.687. The average Bonchev–Trinajstić information content (AvgIpc) is 2.33. The van der Waals surface area contributed by atoms with Crippen molar-refractivity contribution in [1.29, 1.82) is 0 Å². The van der Waals surface area contributed by atoms with E-state index in [4.69, 9.17) is 5.11 Å². The Morgan fingerprint density at radius 3 is 2.28 bits per heavy atom. The standard InChI is InChI=1S/C13H24N2O2S/c1-18-13(4-2-5-13)11-15-9-7-14(8-10-15)6-3-12(16)17/h2-11H2,1H3,(H,16,17). The van der Waals surface area contributed by atoms with E-state index in [9.17, 15) is 4.79 Å². The van der Waals surface area contributed by atoms with Crippen LogP contribution < -0.4 is 0 Å². The topological polar surface area (TPSA) is 43.8 Å². The van der Waals surface area contributed by atoms with Crippen LogP contribution in [0.4, 0.5) is 0 Å². The van der Waals surface area contributed by atoms with Crippen LogP contribution in [0, 0.1) is 0 Å². The molecule has 0 radical (unpaired) electrons. The van der Waals surface area contributed by atoms with Crippen molar-refractivity contribution in [3.05, 3.63) is 0 Å². The van der Waals surface area contributed by atoms with E-state index in [2.05, 4.69) is 16.1 Å². The van der Waals surface area contributed by atoms with Gasteiger partial charge in [0.1, 0.15) is 0 Å². The Morgan fingerprint density at radius 1 is 1.22 bits per heavy atom. The summed E-state index contributed by atoms with van der Waals surface area (Å²) in [5.74, 6) is -0.687. The zero-order valence-corrected chi connectivity index (χ0v) is 12.0. The molecule has 1 heterocycles. The monoisotopic (exact) mass is 272 g/mol. The normalized spacial score (nSPS) is 24.7. The minimum Gasteiger partial charge on any atom is -0.481 e. The Balaban J connectivity index is 1.68. The van der Waals surface area contributed by atoms with Crippen LogP contribution in [0.3, 0.4) is 0 Å². The molecule has 0 aromatic carbocycles. The Bertz CT molecular complexity index is 281. The summed E-state index contributed by atoms with van der Waals surface area (Å²) in [5.41, 5.74) is 0. The van der Waals surface area contributed by atoms with E-state index in [1.54, 1.807) is 0 Å². The molecule has 5 heteroatoms. The van der Waals surface area contributed by atoms with Crippen molar-refractivity contribution < 1.29 is 9.90 Å². The van der Waals surface area contributed by atoms with Gasteiger partial charge in [-0.1, -0.05) is 6.42 Å². The Kier molecular flexibility index (Phi) is 4.92. The lowest BCUT2D eigenvalue weighted by atomic mass is 9.83. The van der Waals surface area contributed by atoms with Crippen LogP contribution in [0.15, 0.2) is 0 Å². The number of hydrogen-bond acceptors (Lipinski definition) is 4. The zero-order valence-electron chi connectivity index (χ0n) is 11.2. The molecule has 0 aromatic heterocycles. The van der Waals surface area contributed by atoms with Gasteiger partial charge in [0.05, 0.1) is 6.42 Å². The molecule has 0 amide bonds. The third-order valence-electron chi connectivity index (χ3n) is 4.32. The molecular formula is C13H24N2O2S. The van der Waals surface area contributed by atoms with Crippen LogP contribution in [0.25, 0.3) is 0 Å². The third kappa shape index (κ3) is 3.62. The number of piperazine rings is 1. The molecular weight excluding hydrogens is 248 g/mol. The minimum absolute atomic E-state index is 0.273. The Hall–Kier alpha value is -0.260. The first kappa shape index (κ1) is 14.2. The summed E-state index contributed by atoms with van der Waals surface area (Å²) in [5, 5.41) is 8.68. The molecule has 1 aliphatic heterocycles. The summed E-state index contributed by atoms with van der Waals surface area (Å²) in [6.45, 7) is 6.18. The summed E-state index contributed by atoms with van der Waals surface area (Å²) in [7, 11) is 0.